The van der Waals surface area contributed by atoms with Gasteiger partial charge in [0.2, 0.25) is 0 Å². The van der Waals surface area contributed by atoms with E-state index >= 15 is 0 Å². The van der Waals surface area contributed by atoms with E-state index in [1.807, 2.05) is 6.92 Å². The van der Waals surface area contributed by atoms with E-state index in [1.165, 1.54) is 12.1 Å². The molecule has 0 radical (unpaired) electrons. The summed E-state index contributed by atoms with van der Waals surface area (Å²) in [5.41, 5.74) is 1.47. The minimum Gasteiger partial charge on any atom is -0.490 e. The molecular weight excluding hydrogens is 295 g/mol. The highest BCUT2D eigenvalue weighted by atomic mass is 35.5. The van der Waals surface area contributed by atoms with Crippen LogP contribution in [-0.2, 0) is 13.2 Å². The molecule has 0 bridgehead atoms. The highest BCUT2D eigenvalue weighted by Gasteiger charge is 2.12. The monoisotopic (exact) mass is 310 g/mol. The first-order chi connectivity index (χ1) is 10.1. The molecule has 0 unspecified atom stereocenters. The second kappa shape index (κ2) is 7.29. The average Bonchev–Trinajstić information content (AvgIpc) is 2.48. The van der Waals surface area contributed by atoms with Crippen LogP contribution in [0.1, 0.15) is 18.1 Å². The molecule has 0 aliphatic rings. The van der Waals surface area contributed by atoms with Crippen molar-refractivity contribution in [3.05, 3.63) is 58.4 Å². The highest BCUT2D eigenvalue weighted by Crippen LogP contribution is 2.37. The summed E-state index contributed by atoms with van der Waals surface area (Å²) in [5.74, 6) is 0.607. The fourth-order valence-electron chi connectivity index (χ4n) is 1.85. The fraction of sp³-hybridized carbons (Fsp3) is 0.250. The van der Waals surface area contributed by atoms with Crippen molar-refractivity contribution in [1.29, 1.82) is 0 Å². The standard InChI is InChI=1S/C16H16ClFO3/c1-2-20-15-8-12(9-19)7-14(17)16(15)21-10-11-3-5-13(18)6-4-11/h3-8,19H,2,9-10H2,1H3. The normalized spacial score (nSPS) is 10.5. The van der Waals surface area contributed by atoms with Crippen molar-refractivity contribution in [1.82, 2.24) is 0 Å². The third-order valence-electron chi connectivity index (χ3n) is 2.85. The van der Waals surface area contributed by atoms with Crippen LogP contribution in [0.2, 0.25) is 5.02 Å². The topological polar surface area (TPSA) is 38.7 Å². The van der Waals surface area contributed by atoms with Crippen molar-refractivity contribution < 1.29 is 19.0 Å². The van der Waals surface area contributed by atoms with Crippen LogP contribution in [0.3, 0.4) is 0 Å². The van der Waals surface area contributed by atoms with Crippen LogP contribution in [0, 0.1) is 5.82 Å². The first-order valence-corrected chi connectivity index (χ1v) is 6.95. The third-order valence-corrected chi connectivity index (χ3v) is 3.13. The molecule has 1 N–H and O–H groups in total. The number of halogens is 2. The van der Waals surface area contributed by atoms with Gasteiger partial charge in [-0.05, 0) is 42.3 Å². The van der Waals surface area contributed by atoms with Crippen LogP contribution in [0.5, 0.6) is 11.5 Å². The molecule has 0 aliphatic carbocycles. The summed E-state index contributed by atoms with van der Waals surface area (Å²) in [6, 6.07) is 9.36. The number of benzene rings is 2. The van der Waals surface area contributed by atoms with Gasteiger partial charge in [0, 0.05) is 0 Å². The first-order valence-electron chi connectivity index (χ1n) is 6.57. The summed E-state index contributed by atoms with van der Waals surface area (Å²) in [6.45, 7) is 2.43. The molecule has 0 aromatic heterocycles. The molecule has 2 aromatic carbocycles. The van der Waals surface area contributed by atoms with Crippen LogP contribution in [0.25, 0.3) is 0 Å². The van der Waals surface area contributed by atoms with E-state index in [0.29, 0.717) is 28.7 Å². The second-order valence-corrected chi connectivity index (χ2v) is 4.82. The molecule has 3 nitrogen and oxygen atoms in total. The lowest BCUT2D eigenvalue weighted by molar-refractivity contribution is 0.264. The smallest absolute Gasteiger partial charge is 0.180 e. The number of aliphatic hydroxyl groups is 1. The summed E-state index contributed by atoms with van der Waals surface area (Å²) in [7, 11) is 0. The van der Waals surface area contributed by atoms with Crippen LogP contribution < -0.4 is 9.47 Å². The molecule has 0 spiro atoms. The molecule has 21 heavy (non-hydrogen) atoms. The molecule has 0 fully saturated rings. The summed E-state index contributed by atoms with van der Waals surface area (Å²) >= 11 is 6.16. The van der Waals surface area contributed by atoms with Crippen molar-refractivity contribution in [3.63, 3.8) is 0 Å². The fourth-order valence-corrected chi connectivity index (χ4v) is 2.14. The van der Waals surface area contributed by atoms with Gasteiger partial charge in [0.15, 0.2) is 11.5 Å². The highest BCUT2D eigenvalue weighted by molar-refractivity contribution is 6.32. The molecule has 2 aromatic rings. The van der Waals surface area contributed by atoms with E-state index in [4.69, 9.17) is 21.1 Å². The Morgan fingerprint density at radius 1 is 1.10 bits per heavy atom. The maximum atomic E-state index is 12.9. The lowest BCUT2D eigenvalue weighted by Gasteiger charge is -2.15. The van der Waals surface area contributed by atoms with Crippen molar-refractivity contribution in [2.45, 2.75) is 20.1 Å². The van der Waals surface area contributed by atoms with Crippen molar-refractivity contribution >= 4 is 11.6 Å². The van der Waals surface area contributed by atoms with E-state index < -0.39 is 0 Å². The van der Waals surface area contributed by atoms with Gasteiger partial charge in [-0.25, -0.2) is 4.39 Å². The van der Waals surface area contributed by atoms with Crippen LogP contribution in [0.4, 0.5) is 4.39 Å². The van der Waals surface area contributed by atoms with Crippen LogP contribution in [-0.4, -0.2) is 11.7 Å². The van der Waals surface area contributed by atoms with Crippen LogP contribution >= 0.6 is 11.6 Å². The summed E-state index contributed by atoms with van der Waals surface area (Å²) in [4.78, 5) is 0. The Hall–Kier alpha value is -1.78. The largest absolute Gasteiger partial charge is 0.490 e. The Morgan fingerprint density at radius 2 is 1.81 bits per heavy atom. The molecule has 5 heteroatoms. The molecule has 0 saturated carbocycles. The van der Waals surface area contributed by atoms with Gasteiger partial charge in [0.1, 0.15) is 12.4 Å². The van der Waals surface area contributed by atoms with Gasteiger partial charge in [-0.1, -0.05) is 23.7 Å². The SMILES string of the molecule is CCOc1cc(CO)cc(Cl)c1OCc1ccc(F)cc1. The zero-order valence-corrected chi connectivity index (χ0v) is 12.4. The van der Waals surface area contributed by atoms with Crippen LogP contribution in [0.15, 0.2) is 36.4 Å². The lowest BCUT2D eigenvalue weighted by atomic mass is 10.2. The number of aliphatic hydroxyl groups excluding tert-OH is 1. The van der Waals surface area contributed by atoms with E-state index in [1.54, 1.807) is 24.3 Å². The van der Waals surface area contributed by atoms with Gasteiger partial charge in [-0.2, -0.15) is 0 Å². The maximum Gasteiger partial charge on any atom is 0.180 e. The van der Waals surface area contributed by atoms with Gasteiger partial charge in [-0.3, -0.25) is 0 Å². The zero-order valence-electron chi connectivity index (χ0n) is 11.6. The van der Waals surface area contributed by atoms with Gasteiger partial charge in [-0.15, -0.1) is 0 Å². The van der Waals surface area contributed by atoms with Crippen molar-refractivity contribution in [3.8, 4) is 11.5 Å². The predicted molar refractivity (Wildman–Crippen MR) is 79.3 cm³/mol. The van der Waals surface area contributed by atoms with E-state index in [9.17, 15) is 9.50 Å². The Bertz CT molecular complexity index is 599. The molecule has 0 aliphatic heterocycles. The number of rotatable bonds is 6. The van der Waals surface area contributed by atoms with Gasteiger partial charge < -0.3 is 14.6 Å². The van der Waals surface area contributed by atoms with E-state index in [0.717, 1.165) is 5.56 Å². The van der Waals surface area contributed by atoms with Gasteiger partial charge in [0.05, 0.1) is 18.2 Å². The molecular formula is C16H16ClFO3. The lowest BCUT2D eigenvalue weighted by Crippen LogP contribution is -2.01. The van der Waals surface area contributed by atoms with E-state index in [2.05, 4.69) is 0 Å². The summed E-state index contributed by atoms with van der Waals surface area (Å²) in [5, 5.41) is 9.56. The molecule has 0 atom stereocenters. The van der Waals surface area contributed by atoms with Gasteiger partial charge in [0.25, 0.3) is 0 Å². The molecule has 0 amide bonds. The maximum absolute atomic E-state index is 12.9. The molecule has 112 valence electrons. The number of hydrogen-bond acceptors (Lipinski definition) is 3. The number of hydrogen-bond donors (Lipinski definition) is 1. The van der Waals surface area contributed by atoms with E-state index in [-0.39, 0.29) is 19.0 Å². The van der Waals surface area contributed by atoms with Crippen molar-refractivity contribution in [2.75, 3.05) is 6.61 Å². The summed E-state index contributed by atoms with van der Waals surface area (Å²) in [6.07, 6.45) is 0. The molecule has 2 rings (SSSR count). The molecule has 0 heterocycles. The minimum absolute atomic E-state index is 0.127. The predicted octanol–water partition coefficient (Wildman–Crippen LogP) is 3.95. The Morgan fingerprint density at radius 3 is 2.43 bits per heavy atom. The second-order valence-electron chi connectivity index (χ2n) is 4.41. The Labute approximate surface area is 127 Å². The zero-order chi connectivity index (χ0) is 15.2. The number of ether oxygens (including phenoxy) is 2. The third kappa shape index (κ3) is 4.09. The molecule has 0 saturated heterocycles. The first kappa shape index (κ1) is 15.6. The summed E-state index contributed by atoms with van der Waals surface area (Å²) < 4.78 is 24.0. The quantitative estimate of drug-likeness (QED) is 0.878. The average molecular weight is 311 g/mol. The van der Waals surface area contributed by atoms with Gasteiger partial charge >= 0.3 is 0 Å². The van der Waals surface area contributed by atoms with Crippen molar-refractivity contribution in [2.24, 2.45) is 0 Å². The Kier molecular flexibility index (Phi) is 5.42. The Balaban J connectivity index is 2.19. The minimum atomic E-state index is -0.293.